The Kier molecular flexibility index (Phi) is 4.99. The van der Waals surface area contributed by atoms with Gasteiger partial charge < -0.3 is 14.5 Å². The lowest BCUT2D eigenvalue weighted by Crippen LogP contribution is -2.31. The van der Waals surface area contributed by atoms with Gasteiger partial charge in [-0.05, 0) is 51.5 Å². The van der Waals surface area contributed by atoms with Crippen LogP contribution in [-0.4, -0.2) is 44.2 Å². The molecule has 1 fully saturated rings. The number of nitrogens with zero attached hydrogens (tertiary/aromatic N) is 1. The number of carbonyl (C=O) groups is 1. The summed E-state index contributed by atoms with van der Waals surface area (Å²) in [5.41, 5.74) is 0. The summed E-state index contributed by atoms with van der Waals surface area (Å²) in [5.74, 6) is 0.654. The molecule has 1 aromatic rings. The highest BCUT2D eigenvalue weighted by atomic mass is 16.5. The normalized spacial score (nSPS) is 20.3. The molecule has 1 saturated heterocycles. The van der Waals surface area contributed by atoms with Crippen LogP contribution in [0.15, 0.2) is 16.5 Å². The number of methoxy groups -OCH3 is 1. The largest absolute Gasteiger partial charge is 0.463 e. The van der Waals surface area contributed by atoms with Crippen molar-refractivity contribution in [2.45, 2.75) is 31.8 Å². The quantitative estimate of drug-likeness (QED) is 0.840. The number of rotatable bonds is 4. The number of ether oxygens (including phenoxy) is 1. The zero-order valence-electron chi connectivity index (χ0n) is 11.6. The summed E-state index contributed by atoms with van der Waals surface area (Å²) >= 11 is 0. The van der Waals surface area contributed by atoms with Gasteiger partial charge in [0.15, 0.2) is 0 Å². The summed E-state index contributed by atoms with van der Waals surface area (Å²) in [6, 6.07) is 4.09. The van der Waals surface area contributed by atoms with Crippen molar-refractivity contribution >= 4 is 5.97 Å². The Balaban J connectivity index is 1.92. The van der Waals surface area contributed by atoms with E-state index >= 15 is 0 Å². The second-order valence-corrected chi connectivity index (χ2v) is 5.01. The van der Waals surface area contributed by atoms with E-state index in [0.29, 0.717) is 6.04 Å². The maximum absolute atomic E-state index is 11.3. The Labute approximate surface area is 113 Å². The fraction of sp³-hybridized carbons (Fsp3) is 0.643. The molecule has 19 heavy (non-hydrogen) atoms. The van der Waals surface area contributed by atoms with Crippen LogP contribution in [0.25, 0.3) is 0 Å². The molecular formula is C14H22N2O3. The Bertz CT molecular complexity index is 409. The van der Waals surface area contributed by atoms with E-state index < -0.39 is 5.97 Å². The van der Waals surface area contributed by atoms with Crippen LogP contribution < -0.4 is 5.32 Å². The molecular weight excluding hydrogens is 244 g/mol. The van der Waals surface area contributed by atoms with Crippen LogP contribution in [0, 0.1) is 0 Å². The van der Waals surface area contributed by atoms with Gasteiger partial charge in [-0.2, -0.15) is 0 Å². The van der Waals surface area contributed by atoms with Gasteiger partial charge in [0.1, 0.15) is 5.76 Å². The monoisotopic (exact) mass is 266 g/mol. The first kappa shape index (κ1) is 14.1. The van der Waals surface area contributed by atoms with Crippen LogP contribution in [0.2, 0.25) is 0 Å². The number of carbonyl (C=O) groups excluding carboxylic acids is 1. The van der Waals surface area contributed by atoms with E-state index in [1.807, 2.05) is 6.07 Å². The molecule has 0 bridgehead atoms. The van der Waals surface area contributed by atoms with Crippen LogP contribution in [0.1, 0.15) is 35.6 Å². The standard InChI is InChI=1S/C14H22N2O3/c1-16(11-4-3-8-15-9-7-11)10-12-5-6-13(19-12)14(17)18-2/h5-6,11,15H,3-4,7-10H2,1-2H3. The maximum atomic E-state index is 11.3. The number of hydrogen-bond acceptors (Lipinski definition) is 5. The highest BCUT2D eigenvalue weighted by Gasteiger charge is 2.18. The molecule has 0 aromatic carbocycles. The Morgan fingerprint density at radius 1 is 1.47 bits per heavy atom. The summed E-state index contributed by atoms with van der Waals surface area (Å²) in [5, 5.41) is 3.41. The first-order chi connectivity index (χ1) is 9.20. The first-order valence-corrected chi connectivity index (χ1v) is 6.78. The van der Waals surface area contributed by atoms with Gasteiger partial charge >= 0.3 is 5.97 Å². The molecule has 1 N–H and O–H groups in total. The lowest BCUT2D eigenvalue weighted by Gasteiger charge is -2.25. The molecule has 1 aliphatic heterocycles. The fourth-order valence-electron chi connectivity index (χ4n) is 2.49. The van der Waals surface area contributed by atoms with Crippen LogP contribution in [0.5, 0.6) is 0 Å². The van der Waals surface area contributed by atoms with Crippen molar-refractivity contribution in [1.29, 1.82) is 0 Å². The van der Waals surface area contributed by atoms with Crippen molar-refractivity contribution in [1.82, 2.24) is 10.2 Å². The maximum Gasteiger partial charge on any atom is 0.373 e. The number of furan rings is 1. The van der Waals surface area contributed by atoms with Crippen molar-refractivity contribution in [3.63, 3.8) is 0 Å². The van der Waals surface area contributed by atoms with Gasteiger partial charge in [-0.1, -0.05) is 0 Å². The minimum atomic E-state index is -0.424. The zero-order valence-corrected chi connectivity index (χ0v) is 11.6. The molecule has 0 amide bonds. The van der Waals surface area contributed by atoms with Gasteiger partial charge in [0.2, 0.25) is 5.76 Å². The van der Waals surface area contributed by atoms with E-state index in [0.717, 1.165) is 31.8 Å². The highest BCUT2D eigenvalue weighted by molar-refractivity contribution is 5.86. The summed E-state index contributed by atoms with van der Waals surface area (Å²) in [4.78, 5) is 13.6. The highest BCUT2D eigenvalue weighted by Crippen LogP contribution is 2.16. The molecule has 1 aromatic heterocycles. The third-order valence-corrected chi connectivity index (χ3v) is 3.62. The number of nitrogens with one attached hydrogen (secondary N) is 1. The van der Waals surface area contributed by atoms with E-state index in [9.17, 15) is 4.79 Å². The van der Waals surface area contributed by atoms with Crippen LogP contribution >= 0.6 is 0 Å². The van der Waals surface area contributed by atoms with Crippen LogP contribution in [0.4, 0.5) is 0 Å². The van der Waals surface area contributed by atoms with Crippen molar-refractivity contribution in [3.05, 3.63) is 23.7 Å². The van der Waals surface area contributed by atoms with Crippen molar-refractivity contribution in [3.8, 4) is 0 Å². The fourth-order valence-corrected chi connectivity index (χ4v) is 2.49. The summed E-state index contributed by atoms with van der Waals surface area (Å²) in [6.07, 6.45) is 3.57. The van der Waals surface area contributed by atoms with E-state index in [2.05, 4.69) is 22.0 Å². The minimum absolute atomic E-state index is 0.272. The molecule has 0 spiro atoms. The van der Waals surface area contributed by atoms with Gasteiger partial charge in [-0.25, -0.2) is 4.79 Å². The number of esters is 1. The van der Waals surface area contributed by atoms with E-state index in [1.165, 1.54) is 20.0 Å². The molecule has 0 radical (unpaired) electrons. The molecule has 5 heteroatoms. The van der Waals surface area contributed by atoms with Gasteiger partial charge in [-0.15, -0.1) is 0 Å². The molecule has 5 nitrogen and oxygen atoms in total. The molecule has 0 saturated carbocycles. The summed E-state index contributed by atoms with van der Waals surface area (Å²) in [6.45, 7) is 2.90. The van der Waals surface area contributed by atoms with Crippen LogP contribution in [-0.2, 0) is 11.3 Å². The first-order valence-electron chi connectivity index (χ1n) is 6.78. The average Bonchev–Trinajstić information content (AvgIpc) is 2.71. The number of hydrogen-bond donors (Lipinski definition) is 1. The second-order valence-electron chi connectivity index (χ2n) is 5.01. The minimum Gasteiger partial charge on any atom is -0.463 e. The van der Waals surface area contributed by atoms with Crippen LogP contribution in [0.3, 0.4) is 0 Å². The van der Waals surface area contributed by atoms with E-state index in [4.69, 9.17) is 4.42 Å². The topological polar surface area (TPSA) is 54.7 Å². The Morgan fingerprint density at radius 2 is 2.32 bits per heavy atom. The molecule has 106 valence electrons. The summed E-state index contributed by atoms with van der Waals surface area (Å²) in [7, 11) is 3.46. The van der Waals surface area contributed by atoms with E-state index in [-0.39, 0.29) is 5.76 Å². The lowest BCUT2D eigenvalue weighted by molar-refractivity contribution is 0.0560. The smallest absolute Gasteiger partial charge is 0.373 e. The van der Waals surface area contributed by atoms with Gasteiger partial charge in [0.25, 0.3) is 0 Å². The van der Waals surface area contributed by atoms with Gasteiger partial charge in [0.05, 0.1) is 13.7 Å². The van der Waals surface area contributed by atoms with Crippen molar-refractivity contribution < 1.29 is 13.9 Å². The predicted octanol–water partition coefficient (Wildman–Crippen LogP) is 1.64. The molecule has 0 aliphatic carbocycles. The Morgan fingerprint density at radius 3 is 3.11 bits per heavy atom. The van der Waals surface area contributed by atoms with E-state index in [1.54, 1.807) is 6.07 Å². The average molecular weight is 266 g/mol. The van der Waals surface area contributed by atoms with Crippen molar-refractivity contribution in [2.75, 3.05) is 27.2 Å². The summed E-state index contributed by atoms with van der Waals surface area (Å²) < 4.78 is 10.1. The molecule has 1 aliphatic rings. The van der Waals surface area contributed by atoms with Gasteiger partial charge in [-0.3, -0.25) is 4.90 Å². The SMILES string of the molecule is COC(=O)c1ccc(CN(C)C2CCCNCC2)o1. The third-order valence-electron chi connectivity index (χ3n) is 3.62. The molecule has 1 atom stereocenters. The zero-order chi connectivity index (χ0) is 13.7. The third kappa shape index (κ3) is 3.81. The second kappa shape index (κ2) is 6.73. The van der Waals surface area contributed by atoms with Crippen molar-refractivity contribution in [2.24, 2.45) is 0 Å². The Hall–Kier alpha value is -1.33. The molecule has 2 heterocycles. The lowest BCUT2D eigenvalue weighted by atomic mass is 10.1. The van der Waals surface area contributed by atoms with Gasteiger partial charge in [0, 0.05) is 6.04 Å². The predicted molar refractivity (Wildman–Crippen MR) is 72.0 cm³/mol. The molecule has 2 rings (SSSR count). The molecule has 1 unspecified atom stereocenters.